The van der Waals surface area contributed by atoms with Gasteiger partial charge in [-0.1, -0.05) is 6.08 Å². The lowest BCUT2D eigenvalue weighted by Gasteiger charge is -2.25. The Labute approximate surface area is 130 Å². The van der Waals surface area contributed by atoms with Crippen LogP contribution in [0.25, 0.3) is 0 Å². The summed E-state index contributed by atoms with van der Waals surface area (Å²) in [4.78, 5) is 15.9. The summed E-state index contributed by atoms with van der Waals surface area (Å²) in [6.07, 6.45) is 4.36. The van der Waals surface area contributed by atoms with E-state index in [1.807, 2.05) is 17.0 Å². The first-order chi connectivity index (χ1) is 9.89. The molecule has 0 saturated heterocycles. The minimum Gasteiger partial charge on any atom is -0.334 e. The van der Waals surface area contributed by atoms with Crippen molar-refractivity contribution in [2.24, 2.45) is 0 Å². The van der Waals surface area contributed by atoms with Crippen molar-refractivity contribution in [1.29, 1.82) is 5.26 Å². The van der Waals surface area contributed by atoms with E-state index in [-0.39, 0.29) is 11.4 Å². The van der Waals surface area contributed by atoms with E-state index in [2.05, 4.69) is 32.2 Å². The van der Waals surface area contributed by atoms with Gasteiger partial charge in [0, 0.05) is 29.6 Å². The van der Waals surface area contributed by atoms with Crippen LogP contribution >= 0.6 is 11.3 Å². The first-order valence-corrected chi connectivity index (χ1v) is 7.93. The Morgan fingerprint density at radius 2 is 2.33 bits per heavy atom. The van der Waals surface area contributed by atoms with E-state index in [9.17, 15) is 4.79 Å². The Hall–Kier alpha value is -1.64. The zero-order valence-corrected chi connectivity index (χ0v) is 13.6. The Bertz CT molecular complexity index is 590. The number of carbonyl (C=O) groups is 1. The van der Waals surface area contributed by atoms with Crippen molar-refractivity contribution >= 4 is 17.2 Å². The molecule has 2 rings (SSSR count). The number of rotatable bonds is 3. The lowest BCUT2D eigenvalue weighted by Crippen LogP contribution is -2.36. The molecule has 0 radical (unpaired) electrons. The van der Waals surface area contributed by atoms with Crippen LogP contribution in [-0.4, -0.2) is 29.4 Å². The molecule has 0 aromatic carbocycles. The Balaban J connectivity index is 1.90. The van der Waals surface area contributed by atoms with Gasteiger partial charge in [0.25, 0.3) is 0 Å². The number of nitrogens with zero attached hydrogens (tertiary/aromatic N) is 2. The molecule has 0 saturated carbocycles. The first-order valence-electron chi connectivity index (χ1n) is 7.11. The summed E-state index contributed by atoms with van der Waals surface area (Å²) in [6, 6.07) is 4.13. The van der Waals surface area contributed by atoms with Crippen molar-refractivity contribution in [2.75, 3.05) is 13.1 Å². The summed E-state index contributed by atoms with van der Waals surface area (Å²) in [7, 11) is 0. The fraction of sp³-hybridized carbons (Fsp3) is 0.500. The highest BCUT2D eigenvalue weighted by Crippen LogP contribution is 2.27. The summed E-state index contributed by atoms with van der Waals surface area (Å²) < 4.78 is 0. The van der Waals surface area contributed by atoms with Crippen molar-refractivity contribution < 1.29 is 4.79 Å². The number of fused-ring (bicyclic) bond motifs is 1. The van der Waals surface area contributed by atoms with Crippen LogP contribution in [0, 0.1) is 11.3 Å². The average molecular weight is 303 g/mol. The molecule has 112 valence electrons. The van der Waals surface area contributed by atoms with E-state index in [1.165, 1.54) is 16.9 Å². The lowest BCUT2D eigenvalue weighted by molar-refractivity contribution is -0.126. The van der Waals surface area contributed by atoms with Gasteiger partial charge >= 0.3 is 0 Å². The SMILES string of the molecule is CC(C)(C)NC/C=C/C(=O)N1CCc2cc(C#N)sc2C1. The van der Waals surface area contributed by atoms with Crippen molar-refractivity contribution in [3.63, 3.8) is 0 Å². The fourth-order valence-corrected chi connectivity index (χ4v) is 3.22. The predicted octanol–water partition coefficient (Wildman–Crippen LogP) is 2.45. The van der Waals surface area contributed by atoms with Crippen LogP contribution in [0.1, 0.15) is 36.1 Å². The zero-order chi connectivity index (χ0) is 15.5. The number of hydrogen-bond acceptors (Lipinski definition) is 4. The molecule has 0 fully saturated rings. The van der Waals surface area contributed by atoms with Crippen LogP contribution in [0.4, 0.5) is 0 Å². The summed E-state index contributed by atoms with van der Waals surface area (Å²) in [5.74, 6) is 0.0447. The predicted molar refractivity (Wildman–Crippen MR) is 85.1 cm³/mol. The molecule has 0 spiro atoms. The number of nitrogens with one attached hydrogen (secondary N) is 1. The Kier molecular flexibility index (Phi) is 4.81. The summed E-state index contributed by atoms with van der Waals surface area (Å²) in [5.41, 5.74) is 1.27. The third kappa shape index (κ3) is 4.42. The molecule has 1 aliphatic heterocycles. The van der Waals surface area contributed by atoms with Crippen molar-refractivity contribution in [3.8, 4) is 6.07 Å². The van der Waals surface area contributed by atoms with Crippen LogP contribution in [-0.2, 0) is 17.8 Å². The molecular formula is C16H21N3OS. The van der Waals surface area contributed by atoms with Crippen LogP contribution in [0.15, 0.2) is 18.2 Å². The number of carbonyl (C=O) groups excluding carboxylic acids is 1. The fourth-order valence-electron chi connectivity index (χ4n) is 2.19. The molecule has 0 atom stereocenters. The summed E-state index contributed by atoms with van der Waals surface area (Å²) >= 11 is 1.50. The molecule has 4 nitrogen and oxygen atoms in total. The Morgan fingerprint density at radius 3 is 3.00 bits per heavy atom. The largest absolute Gasteiger partial charge is 0.334 e. The number of hydrogen-bond donors (Lipinski definition) is 1. The quantitative estimate of drug-likeness (QED) is 0.873. The van der Waals surface area contributed by atoms with Gasteiger partial charge in [-0.05, 0) is 38.8 Å². The van der Waals surface area contributed by atoms with E-state index < -0.39 is 0 Å². The zero-order valence-electron chi connectivity index (χ0n) is 12.8. The third-order valence-electron chi connectivity index (χ3n) is 3.31. The molecule has 21 heavy (non-hydrogen) atoms. The van der Waals surface area contributed by atoms with Gasteiger partial charge in [0.1, 0.15) is 10.9 Å². The molecule has 2 heterocycles. The molecule has 0 unspecified atom stereocenters. The van der Waals surface area contributed by atoms with Crippen molar-refractivity contribution in [1.82, 2.24) is 10.2 Å². The van der Waals surface area contributed by atoms with E-state index in [0.29, 0.717) is 13.1 Å². The first kappa shape index (κ1) is 15.7. The highest BCUT2D eigenvalue weighted by Gasteiger charge is 2.21. The van der Waals surface area contributed by atoms with Gasteiger partial charge < -0.3 is 10.2 Å². The van der Waals surface area contributed by atoms with Gasteiger partial charge in [0.15, 0.2) is 0 Å². The molecular weight excluding hydrogens is 282 g/mol. The summed E-state index contributed by atoms with van der Waals surface area (Å²) in [5, 5.41) is 12.2. The van der Waals surface area contributed by atoms with Gasteiger partial charge in [0.2, 0.25) is 5.91 Å². The maximum absolute atomic E-state index is 12.2. The third-order valence-corrected chi connectivity index (χ3v) is 4.38. The standard InChI is InChI=1S/C16H21N3OS/c1-16(2,3)18-7-4-5-15(20)19-8-6-12-9-13(10-17)21-14(12)11-19/h4-5,9,18H,6-8,11H2,1-3H3/b5-4+. The normalized spacial score (nSPS) is 15.0. The maximum Gasteiger partial charge on any atom is 0.246 e. The molecule has 1 aliphatic rings. The molecule has 5 heteroatoms. The Morgan fingerprint density at radius 1 is 1.57 bits per heavy atom. The number of thiophene rings is 1. The summed E-state index contributed by atoms with van der Waals surface area (Å²) in [6.45, 7) is 8.32. The molecule has 1 N–H and O–H groups in total. The van der Waals surface area contributed by atoms with Gasteiger partial charge in [0.05, 0.1) is 6.54 Å². The second-order valence-electron chi connectivity index (χ2n) is 6.21. The van der Waals surface area contributed by atoms with E-state index >= 15 is 0 Å². The van der Waals surface area contributed by atoms with Crippen LogP contribution in [0.2, 0.25) is 0 Å². The lowest BCUT2D eigenvalue weighted by atomic mass is 10.1. The monoisotopic (exact) mass is 303 g/mol. The van der Waals surface area contributed by atoms with Crippen LogP contribution in [0.5, 0.6) is 0 Å². The van der Waals surface area contributed by atoms with Crippen molar-refractivity contribution in [2.45, 2.75) is 39.3 Å². The minimum absolute atomic E-state index is 0.0447. The molecule has 1 amide bonds. The van der Waals surface area contributed by atoms with Crippen LogP contribution in [0.3, 0.4) is 0 Å². The van der Waals surface area contributed by atoms with Gasteiger partial charge in [-0.25, -0.2) is 0 Å². The molecule has 1 aromatic rings. The highest BCUT2D eigenvalue weighted by molar-refractivity contribution is 7.12. The van der Waals surface area contributed by atoms with E-state index in [0.717, 1.165) is 22.7 Å². The van der Waals surface area contributed by atoms with Crippen molar-refractivity contribution in [3.05, 3.63) is 33.5 Å². The average Bonchev–Trinajstić information content (AvgIpc) is 2.84. The van der Waals surface area contributed by atoms with E-state index in [1.54, 1.807) is 6.08 Å². The number of nitriles is 1. The number of amides is 1. The molecule has 0 aliphatic carbocycles. The van der Waals surface area contributed by atoms with E-state index in [4.69, 9.17) is 5.26 Å². The van der Waals surface area contributed by atoms with Gasteiger partial charge in [-0.3, -0.25) is 4.79 Å². The second-order valence-corrected chi connectivity index (χ2v) is 7.35. The van der Waals surface area contributed by atoms with Gasteiger partial charge in [-0.2, -0.15) is 5.26 Å². The smallest absolute Gasteiger partial charge is 0.246 e. The minimum atomic E-state index is 0.0447. The van der Waals surface area contributed by atoms with Gasteiger partial charge in [-0.15, -0.1) is 11.3 Å². The topological polar surface area (TPSA) is 56.1 Å². The highest BCUT2D eigenvalue weighted by atomic mass is 32.1. The second kappa shape index (κ2) is 6.42. The maximum atomic E-state index is 12.2. The molecule has 0 bridgehead atoms. The van der Waals surface area contributed by atoms with Crippen LogP contribution < -0.4 is 5.32 Å². The molecule has 1 aromatic heterocycles.